The van der Waals surface area contributed by atoms with Crippen molar-refractivity contribution >= 4 is 11.6 Å². The maximum Gasteiger partial charge on any atom is 0.246 e. The monoisotopic (exact) mass is 270 g/mol. The molecule has 0 atom stereocenters. The molecule has 0 aliphatic carbocycles. The first-order chi connectivity index (χ1) is 9.83. The molecule has 1 aliphatic heterocycles. The van der Waals surface area contributed by atoms with E-state index in [9.17, 15) is 4.79 Å². The fourth-order valence-electron chi connectivity index (χ4n) is 2.48. The maximum absolute atomic E-state index is 12.0. The van der Waals surface area contributed by atoms with Crippen LogP contribution in [-0.4, -0.2) is 53.1 Å². The number of hydrogen-bond donors (Lipinski definition) is 0. The van der Waals surface area contributed by atoms with Crippen molar-refractivity contribution in [1.82, 2.24) is 14.5 Å². The summed E-state index contributed by atoms with van der Waals surface area (Å²) < 4.78 is 1.55. The second-order valence-corrected chi connectivity index (χ2v) is 4.96. The topological polar surface area (TPSA) is 41.4 Å². The van der Waals surface area contributed by atoms with E-state index in [4.69, 9.17) is 0 Å². The number of aromatic nitrogens is 2. The summed E-state index contributed by atoms with van der Waals surface area (Å²) in [4.78, 5) is 20.5. The lowest BCUT2D eigenvalue weighted by Gasteiger charge is -2.35. The molecule has 0 radical (unpaired) electrons. The summed E-state index contributed by atoms with van der Waals surface area (Å²) in [6.07, 6.45) is 4.89. The first kappa shape index (κ1) is 12.9. The minimum Gasteiger partial charge on any atom is -0.369 e. The minimum absolute atomic E-state index is 0.0793. The highest BCUT2D eigenvalue weighted by Gasteiger charge is 2.19. The molecular formula is C15H18N4O. The van der Waals surface area contributed by atoms with Gasteiger partial charge in [0.15, 0.2) is 0 Å². The van der Waals surface area contributed by atoms with Gasteiger partial charge in [0.2, 0.25) is 5.91 Å². The second-order valence-electron chi connectivity index (χ2n) is 4.96. The van der Waals surface area contributed by atoms with Crippen molar-refractivity contribution in [1.29, 1.82) is 0 Å². The molecule has 1 aromatic carbocycles. The summed E-state index contributed by atoms with van der Waals surface area (Å²) in [5.41, 5.74) is 1.26. The van der Waals surface area contributed by atoms with Crippen molar-refractivity contribution in [3.8, 4) is 0 Å². The number of benzene rings is 1. The van der Waals surface area contributed by atoms with Gasteiger partial charge in [-0.25, -0.2) is 4.98 Å². The van der Waals surface area contributed by atoms with Crippen molar-refractivity contribution in [3.63, 3.8) is 0 Å². The summed E-state index contributed by atoms with van der Waals surface area (Å²) >= 11 is 0. The molecule has 104 valence electrons. The van der Waals surface area contributed by atoms with Crippen LogP contribution in [0, 0.1) is 0 Å². The van der Waals surface area contributed by atoms with E-state index in [2.05, 4.69) is 39.0 Å². The number of para-hydroxylation sites is 1. The molecule has 2 aromatic rings. The van der Waals surface area contributed by atoms with E-state index < -0.39 is 0 Å². The van der Waals surface area contributed by atoms with E-state index in [1.165, 1.54) is 5.69 Å². The molecule has 2 heterocycles. The molecule has 0 unspecified atom stereocenters. The van der Waals surface area contributed by atoms with Crippen molar-refractivity contribution in [2.45, 2.75) is 0 Å². The average Bonchev–Trinajstić information content (AvgIpc) is 3.03. The Morgan fingerprint density at radius 1 is 1.10 bits per heavy atom. The first-order valence-corrected chi connectivity index (χ1v) is 6.86. The van der Waals surface area contributed by atoms with E-state index in [-0.39, 0.29) is 5.91 Å². The van der Waals surface area contributed by atoms with Crippen LogP contribution in [0.5, 0.6) is 0 Å². The highest BCUT2D eigenvalue weighted by molar-refractivity contribution is 5.80. The summed E-state index contributed by atoms with van der Waals surface area (Å²) in [5.74, 6) is 0.0793. The molecule has 0 amide bonds. The van der Waals surface area contributed by atoms with Crippen LogP contribution in [-0.2, 0) is 0 Å². The lowest BCUT2D eigenvalue weighted by atomic mass is 10.2. The molecule has 1 aliphatic rings. The number of anilines is 1. The predicted octanol–water partition coefficient (Wildman–Crippen LogP) is 1.35. The van der Waals surface area contributed by atoms with E-state index in [0.717, 1.165) is 26.2 Å². The zero-order valence-electron chi connectivity index (χ0n) is 11.4. The van der Waals surface area contributed by atoms with Crippen LogP contribution < -0.4 is 4.90 Å². The van der Waals surface area contributed by atoms with Crippen LogP contribution in [0.15, 0.2) is 49.1 Å². The van der Waals surface area contributed by atoms with Gasteiger partial charge in [-0.15, -0.1) is 0 Å². The third-order valence-corrected chi connectivity index (χ3v) is 3.64. The van der Waals surface area contributed by atoms with Crippen molar-refractivity contribution in [3.05, 3.63) is 49.1 Å². The largest absolute Gasteiger partial charge is 0.369 e. The molecule has 0 saturated carbocycles. The molecule has 1 aromatic heterocycles. The molecule has 5 nitrogen and oxygen atoms in total. The normalized spacial score (nSPS) is 16.3. The molecule has 1 saturated heterocycles. The van der Waals surface area contributed by atoms with Gasteiger partial charge < -0.3 is 4.90 Å². The quantitative estimate of drug-likeness (QED) is 0.844. The predicted molar refractivity (Wildman–Crippen MR) is 77.9 cm³/mol. The van der Waals surface area contributed by atoms with E-state index in [1.807, 2.05) is 6.07 Å². The third kappa shape index (κ3) is 2.88. The van der Waals surface area contributed by atoms with Crippen molar-refractivity contribution in [2.24, 2.45) is 0 Å². The zero-order chi connectivity index (χ0) is 13.8. The fraction of sp³-hybridized carbons (Fsp3) is 0.333. The molecular weight excluding hydrogens is 252 g/mol. The molecule has 3 rings (SSSR count). The number of carbonyl (C=O) groups is 1. The smallest absolute Gasteiger partial charge is 0.246 e. The molecule has 0 bridgehead atoms. The highest BCUT2D eigenvalue weighted by atomic mass is 16.2. The van der Waals surface area contributed by atoms with Gasteiger partial charge in [-0.3, -0.25) is 14.3 Å². The van der Waals surface area contributed by atoms with Crippen LogP contribution in [0.3, 0.4) is 0 Å². The number of piperazine rings is 1. The number of hydrogen-bond acceptors (Lipinski definition) is 4. The van der Waals surface area contributed by atoms with E-state index >= 15 is 0 Å². The van der Waals surface area contributed by atoms with Crippen LogP contribution >= 0.6 is 0 Å². The van der Waals surface area contributed by atoms with Crippen LogP contribution in [0.2, 0.25) is 0 Å². The van der Waals surface area contributed by atoms with Crippen molar-refractivity contribution < 1.29 is 4.79 Å². The Morgan fingerprint density at radius 2 is 1.85 bits per heavy atom. The lowest BCUT2D eigenvalue weighted by molar-refractivity contribution is 0.0843. The summed E-state index contributed by atoms with van der Waals surface area (Å²) in [6.45, 7) is 4.20. The zero-order valence-corrected chi connectivity index (χ0v) is 11.4. The van der Waals surface area contributed by atoms with Gasteiger partial charge in [0, 0.05) is 44.3 Å². The molecule has 1 fully saturated rings. The van der Waals surface area contributed by atoms with Gasteiger partial charge in [-0.1, -0.05) is 18.2 Å². The summed E-state index contributed by atoms with van der Waals surface area (Å²) in [5, 5.41) is 0. The number of carbonyl (C=O) groups excluding carboxylic acids is 1. The Kier molecular flexibility index (Phi) is 3.78. The Balaban J connectivity index is 1.53. The summed E-state index contributed by atoms with van der Waals surface area (Å²) in [7, 11) is 0. The molecule has 0 spiro atoms. The first-order valence-electron chi connectivity index (χ1n) is 6.86. The Morgan fingerprint density at radius 3 is 2.50 bits per heavy atom. The Labute approximate surface area is 118 Å². The standard InChI is InChI=1S/C15H18N4O/c20-15(19-7-6-16-13-19)12-17-8-10-18(11-9-17)14-4-2-1-3-5-14/h1-7,13H,8-12H2. The van der Waals surface area contributed by atoms with Crippen LogP contribution in [0.25, 0.3) is 0 Å². The van der Waals surface area contributed by atoms with Crippen LogP contribution in [0.4, 0.5) is 5.69 Å². The van der Waals surface area contributed by atoms with Crippen LogP contribution in [0.1, 0.15) is 4.79 Å². The van der Waals surface area contributed by atoms with Gasteiger partial charge in [-0.2, -0.15) is 0 Å². The average molecular weight is 270 g/mol. The van der Waals surface area contributed by atoms with E-state index in [1.54, 1.807) is 23.3 Å². The highest BCUT2D eigenvalue weighted by Crippen LogP contribution is 2.15. The Hall–Kier alpha value is -2.14. The molecule has 0 N–H and O–H groups in total. The van der Waals surface area contributed by atoms with Crippen molar-refractivity contribution in [2.75, 3.05) is 37.6 Å². The van der Waals surface area contributed by atoms with Gasteiger partial charge >= 0.3 is 0 Å². The number of imidazole rings is 1. The van der Waals surface area contributed by atoms with Gasteiger partial charge in [0.05, 0.1) is 6.54 Å². The van der Waals surface area contributed by atoms with Gasteiger partial charge in [0.25, 0.3) is 0 Å². The number of nitrogens with zero attached hydrogens (tertiary/aromatic N) is 4. The fourth-order valence-corrected chi connectivity index (χ4v) is 2.48. The summed E-state index contributed by atoms with van der Waals surface area (Å²) in [6, 6.07) is 10.4. The maximum atomic E-state index is 12.0. The number of rotatable bonds is 3. The lowest BCUT2D eigenvalue weighted by Crippen LogP contribution is -2.48. The second kappa shape index (κ2) is 5.88. The SMILES string of the molecule is O=C(CN1CCN(c2ccccc2)CC1)n1ccnc1. The van der Waals surface area contributed by atoms with Gasteiger partial charge in [0.1, 0.15) is 6.33 Å². The van der Waals surface area contributed by atoms with Gasteiger partial charge in [-0.05, 0) is 12.1 Å². The van der Waals surface area contributed by atoms with E-state index in [0.29, 0.717) is 6.54 Å². The third-order valence-electron chi connectivity index (χ3n) is 3.64. The molecule has 5 heteroatoms. The Bertz CT molecular complexity index is 545. The molecule has 20 heavy (non-hydrogen) atoms. The minimum atomic E-state index is 0.0793.